The highest BCUT2D eigenvalue weighted by molar-refractivity contribution is 5.86. The Kier molecular flexibility index (Phi) is 6.94. The summed E-state index contributed by atoms with van der Waals surface area (Å²) in [5.41, 5.74) is 4.50. The number of rotatable bonds is 5. The van der Waals surface area contributed by atoms with Crippen molar-refractivity contribution in [1.82, 2.24) is 0 Å². The van der Waals surface area contributed by atoms with E-state index >= 15 is 0 Å². The Morgan fingerprint density at radius 2 is 1.89 bits per heavy atom. The highest BCUT2D eigenvalue weighted by Crippen LogP contribution is 2.60. The average molecular weight is 371 g/mol. The van der Waals surface area contributed by atoms with E-state index in [1.165, 1.54) is 29.6 Å². The van der Waals surface area contributed by atoms with Crippen LogP contribution in [0.3, 0.4) is 0 Å². The smallest absolute Gasteiger partial charge is 0.331 e. The third-order valence-corrected chi connectivity index (χ3v) is 7.41. The van der Waals surface area contributed by atoms with Crippen molar-refractivity contribution in [3.63, 3.8) is 0 Å². The molecule has 2 rings (SSSR count). The zero-order chi connectivity index (χ0) is 20.4. The molecule has 0 aromatic rings. The van der Waals surface area contributed by atoms with Gasteiger partial charge in [0.1, 0.15) is 0 Å². The first-order valence-corrected chi connectivity index (χ1v) is 10.4. The molecule has 0 aromatic carbocycles. The first kappa shape index (κ1) is 21.7. The van der Waals surface area contributed by atoms with Crippen LogP contribution < -0.4 is 0 Å². The molecule has 0 radical (unpaired) electrons. The monoisotopic (exact) mass is 370 g/mol. The minimum Gasteiger partial charge on any atom is -0.478 e. The lowest BCUT2D eigenvalue weighted by molar-refractivity contribution is -0.133. The van der Waals surface area contributed by atoms with Gasteiger partial charge in [0.2, 0.25) is 0 Å². The van der Waals surface area contributed by atoms with Gasteiger partial charge in [-0.25, -0.2) is 4.79 Å². The lowest BCUT2D eigenvalue weighted by atomic mass is 9.48. The fourth-order valence-corrected chi connectivity index (χ4v) is 5.35. The van der Waals surface area contributed by atoms with Gasteiger partial charge in [-0.2, -0.15) is 0 Å². The summed E-state index contributed by atoms with van der Waals surface area (Å²) in [6.45, 7) is 21.4. The van der Waals surface area contributed by atoms with Crippen LogP contribution in [0.15, 0.2) is 48.1 Å². The van der Waals surface area contributed by atoms with E-state index in [9.17, 15) is 9.90 Å². The number of aliphatic carboxylic acids is 1. The predicted molar refractivity (Wildman–Crippen MR) is 115 cm³/mol. The van der Waals surface area contributed by atoms with Gasteiger partial charge in [0.15, 0.2) is 0 Å². The molecule has 2 saturated carbocycles. The minimum atomic E-state index is -0.851. The van der Waals surface area contributed by atoms with E-state index in [1.807, 2.05) is 0 Å². The Morgan fingerprint density at radius 3 is 2.44 bits per heavy atom. The van der Waals surface area contributed by atoms with Gasteiger partial charge in [0.25, 0.3) is 0 Å². The van der Waals surface area contributed by atoms with Crippen molar-refractivity contribution in [2.75, 3.05) is 0 Å². The van der Waals surface area contributed by atoms with Crippen LogP contribution in [0, 0.1) is 29.1 Å². The number of fused-ring (bicyclic) bond motifs is 1. The van der Waals surface area contributed by atoms with Crippen molar-refractivity contribution in [3.8, 4) is 0 Å². The van der Waals surface area contributed by atoms with Crippen molar-refractivity contribution < 1.29 is 9.90 Å². The van der Waals surface area contributed by atoms with Crippen molar-refractivity contribution in [2.45, 2.75) is 72.6 Å². The highest BCUT2D eigenvalue weighted by atomic mass is 16.4. The molecule has 0 saturated heterocycles. The summed E-state index contributed by atoms with van der Waals surface area (Å²) in [6, 6.07) is 0. The molecular weight excluding hydrogens is 332 g/mol. The number of carboxylic acid groups (broad SMARTS) is 1. The fourth-order valence-electron chi connectivity index (χ4n) is 5.35. The molecule has 0 heterocycles. The van der Waals surface area contributed by atoms with Crippen molar-refractivity contribution in [3.05, 3.63) is 48.1 Å². The van der Waals surface area contributed by atoms with Crippen LogP contribution in [-0.2, 0) is 4.79 Å². The molecule has 0 bridgehead atoms. The molecule has 0 amide bonds. The molecule has 2 fully saturated rings. The van der Waals surface area contributed by atoms with E-state index in [4.69, 9.17) is 0 Å². The summed E-state index contributed by atoms with van der Waals surface area (Å²) in [5, 5.41) is 9.58. The zero-order valence-electron chi connectivity index (χ0n) is 17.8. The van der Waals surface area contributed by atoms with E-state index < -0.39 is 5.97 Å². The topological polar surface area (TPSA) is 37.3 Å². The Labute approximate surface area is 166 Å². The van der Waals surface area contributed by atoms with Crippen molar-refractivity contribution in [1.29, 1.82) is 0 Å². The molecule has 2 aliphatic rings. The predicted octanol–water partition coefficient (Wildman–Crippen LogP) is 6.95. The lowest BCUT2D eigenvalue weighted by Crippen LogP contribution is -2.48. The standard InChI is InChI=1S/C25H38O2/c1-16(2)8-10-20-14-21(19(6)24(26)27)12-13-25(7)22(11-9-18(20)5)15-23(25)17(3)4/h8,20-23H,3,5-6,9-15H2,1-2,4,7H3,(H,26,27). The Morgan fingerprint density at radius 1 is 1.22 bits per heavy atom. The maximum atomic E-state index is 11.7. The number of carbonyl (C=O) groups is 1. The Bertz CT molecular complexity index is 649. The maximum absolute atomic E-state index is 11.7. The molecule has 2 aliphatic carbocycles. The molecule has 5 unspecified atom stereocenters. The summed E-state index contributed by atoms with van der Waals surface area (Å²) < 4.78 is 0. The molecule has 0 aliphatic heterocycles. The van der Waals surface area contributed by atoms with Crippen molar-refractivity contribution >= 4 is 5.97 Å². The van der Waals surface area contributed by atoms with Crippen LogP contribution in [0.5, 0.6) is 0 Å². The van der Waals surface area contributed by atoms with Gasteiger partial charge in [0.05, 0.1) is 0 Å². The summed E-state index contributed by atoms with van der Waals surface area (Å²) in [5.74, 6) is 0.779. The van der Waals surface area contributed by atoms with Crippen LogP contribution in [0.2, 0.25) is 0 Å². The van der Waals surface area contributed by atoms with Crippen LogP contribution in [0.4, 0.5) is 0 Å². The molecule has 0 aromatic heterocycles. The third kappa shape index (κ3) is 4.83. The summed E-state index contributed by atoms with van der Waals surface area (Å²) in [4.78, 5) is 11.7. The molecule has 150 valence electrons. The van der Waals surface area contributed by atoms with Gasteiger partial charge in [0, 0.05) is 5.57 Å². The maximum Gasteiger partial charge on any atom is 0.331 e. The quantitative estimate of drug-likeness (QED) is 0.420. The average Bonchev–Trinajstić information content (AvgIpc) is 2.57. The summed E-state index contributed by atoms with van der Waals surface area (Å²) >= 11 is 0. The Hall–Kier alpha value is -1.57. The Balaban J connectivity index is 2.27. The number of allylic oxidation sites excluding steroid dienone is 4. The first-order valence-electron chi connectivity index (χ1n) is 10.4. The van der Waals surface area contributed by atoms with E-state index in [1.54, 1.807) is 0 Å². The number of hydrogen-bond donors (Lipinski definition) is 1. The second-order valence-corrected chi connectivity index (χ2v) is 9.55. The number of hydrogen-bond acceptors (Lipinski definition) is 1. The van der Waals surface area contributed by atoms with Gasteiger partial charge >= 0.3 is 5.97 Å². The SMILES string of the molecule is C=C1CCC2CC(C(=C)C)C2(C)CCC(C(=C)C(=O)O)CC1CC=C(C)C. The van der Waals surface area contributed by atoms with E-state index in [0.717, 1.165) is 32.1 Å². The normalized spacial score (nSPS) is 34.0. The fraction of sp³-hybridized carbons (Fsp3) is 0.640. The summed E-state index contributed by atoms with van der Waals surface area (Å²) in [7, 11) is 0. The second kappa shape index (κ2) is 8.63. The van der Waals surface area contributed by atoms with E-state index in [0.29, 0.717) is 23.3 Å². The van der Waals surface area contributed by atoms with E-state index in [-0.39, 0.29) is 11.3 Å². The second-order valence-electron chi connectivity index (χ2n) is 9.55. The zero-order valence-corrected chi connectivity index (χ0v) is 17.8. The van der Waals surface area contributed by atoms with Crippen LogP contribution >= 0.6 is 0 Å². The first-order chi connectivity index (χ1) is 12.6. The number of carboxylic acids is 1. The van der Waals surface area contributed by atoms with Gasteiger partial charge < -0.3 is 5.11 Å². The molecule has 2 heteroatoms. The third-order valence-electron chi connectivity index (χ3n) is 7.41. The van der Waals surface area contributed by atoms with E-state index in [2.05, 4.69) is 53.5 Å². The highest BCUT2D eigenvalue weighted by Gasteiger charge is 2.51. The molecule has 0 spiro atoms. The lowest BCUT2D eigenvalue weighted by Gasteiger charge is -2.56. The van der Waals surface area contributed by atoms with Crippen LogP contribution in [0.25, 0.3) is 0 Å². The van der Waals surface area contributed by atoms with Crippen LogP contribution in [-0.4, -0.2) is 11.1 Å². The minimum absolute atomic E-state index is 0.0248. The summed E-state index contributed by atoms with van der Waals surface area (Å²) in [6.07, 6.45) is 9.53. The molecular formula is C25H38O2. The molecule has 1 N–H and O–H groups in total. The van der Waals surface area contributed by atoms with Crippen LogP contribution in [0.1, 0.15) is 72.6 Å². The van der Waals surface area contributed by atoms with Gasteiger partial charge in [-0.05, 0) is 94.8 Å². The van der Waals surface area contributed by atoms with Gasteiger partial charge in [-0.15, -0.1) is 0 Å². The van der Waals surface area contributed by atoms with Crippen molar-refractivity contribution in [2.24, 2.45) is 29.1 Å². The largest absolute Gasteiger partial charge is 0.478 e. The molecule has 5 atom stereocenters. The molecule has 27 heavy (non-hydrogen) atoms. The van der Waals surface area contributed by atoms with Gasteiger partial charge in [-0.1, -0.05) is 49.5 Å². The molecule has 2 nitrogen and oxygen atoms in total. The van der Waals surface area contributed by atoms with Gasteiger partial charge in [-0.3, -0.25) is 0 Å².